The Morgan fingerprint density at radius 3 is 2.77 bits per heavy atom. The fourth-order valence-corrected chi connectivity index (χ4v) is 1.46. The highest BCUT2D eigenvalue weighted by Crippen LogP contribution is 2.20. The van der Waals surface area contributed by atoms with Crippen LogP contribution in [-0.4, -0.2) is 5.11 Å². The van der Waals surface area contributed by atoms with Crippen molar-refractivity contribution in [3.8, 4) is 0 Å². The molecule has 0 aliphatic heterocycles. The fourth-order valence-electron chi connectivity index (χ4n) is 1.46. The van der Waals surface area contributed by atoms with Crippen LogP contribution >= 0.6 is 0 Å². The van der Waals surface area contributed by atoms with Crippen molar-refractivity contribution in [1.82, 2.24) is 0 Å². The molecule has 1 aromatic rings. The molecule has 0 saturated heterocycles. The highest BCUT2D eigenvalue weighted by atomic mass is 16.3. The van der Waals surface area contributed by atoms with E-state index in [1.54, 1.807) is 6.08 Å². The molecule has 0 bridgehead atoms. The smallest absolute Gasteiger partial charge is 0.0971 e. The lowest BCUT2D eigenvalue weighted by Gasteiger charge is -2.11. The zero-order valence-corrected chi connectivity index (χ0v) is 8.25. The predicted octanol–water partition coefficient (Wildman–Crippen LogP) is 2.78. The highest BCUT2D eigenvalue weighted by molar-refractivity contribution is 5.34. The zero-order valence-electron chi connectivity index (χ0n) is 8.25. The van der Waals surface area contributed by atoms with Gasteiger partial charge in [-0.1, -0.05) is 36.8 Å². The Kier molecular flexibility index (Phi) is 3.26. The van der Waals surface area contributed by atoms with E-state index in [4.69, 9.17) is 0 Å². The molecule has 1 atom stereocenters. The average Bonchev–Trinajstić information content (AvgIpc) is 2.16. The van der Waals surface area contributed by atoms with Crippen LogP contribution in [0.2, 0.25) is 0 Å². The van der Waals surface area contributed by atoms with E-state index in [9.17, 15) is 5.11 Å². The van der Waals surface area contributed by atoms with Crippen molar-refractivity contribution < 1.29 is 5.11 Å². The Bertz CT molecular complexity index is 302. The summed E-state index contributed by atoms with van der Waals surface area (Å²) in [6.07, 6.45) is 1.97. The Balaban J connectivity index is 3.12. The van der Waals surface area contributed by atoms with Gasteiger partial charge in [-0.15, -0.1) is 6.58 Å². The first kappa shape index (κ1) is 10.0. The number of hydrogen-bond acceptors (Lipinski definition) is 1. The van der Waals surface area contributed by atoms with Gasteiger partial charge in [-0.25, -0.2) is 0 Å². The van der Waals surface area contributed by atoms with Gasteiger partial charge in [-0.3, -0.25) is 0 Å². The van der Waals surface area contributed by atoms with Gasteiger partial charge >= 0.3 is 0 Å². The van der Waals surface area contributed by atoms with Gasteiger partial charge in [0.1, 0.15) is 0 Å². The van der Waals surface area contributed by atoms with Crippen molar-refractivity contribution in [3.05, 3.63) is 47.5 Å². The minimum atomic E-state index is -0.532. The maximum absolute atomic E-state index is 9.61. The molecule has 0 aliphatic rings. The summed E-state index contributed by atoms with van der Waals surface area (Å²) in [6.45, 7) is 7.73. The summed E-state index contributed by atoms with van der Waals surface area (Å²) in [6, 6.07) is 6.10. The lowest BCUT2D eigenvalue weighted by molar-refractivity contribution is 0.228. The van der Waals surface area contributed by atoms with Crippen LogP contribution in [0.1, 0.15) is 29.7 Å². The molecule has 1 aromatic carbocycles. The van der Waals surface area contributed by atoms with Gasteiger partial charge in [0.2, 0.25) is 0 Å². The second-order valence-electron chi connectivity index (χ2n) is 3.24. The van der Waals surface area contributed by atoms with Gasteiger partial charge in [0.25, 0.3) is 0 Å². The quantitative estimate of drug-likeness (QED) is 0.702. The van der Waals surface area contributed by atoms with Crippen molar-refractivity contribution >= 4 is 0 Å². The van der Waals surface area contributed by atoms with Crippen molar-refractivity contribution in [2.45, 2.75) is 26.4 Å². The average molecular weight is 176 g/mol. The second kappa shape index (κ2) is 4.24. The minimum Gasteiger partial charge on any atom is -0.384 e. The van der Waals surface area contributed by atoms with Crippen LogP contribution < -0.4 is 0 Å². The van der Waals surface area contributed by atoms with E-state index >= 15 is 0 Å². The van der Waals surface area contributed by atoms with Crippen molar-refractivity contribution in [2.75, 3.05) is 0 Å². The maximum atomic E-state index is 9.61. The lowest BCUT2D eigenvalue weighted by atomic mass is 9.98. The van der Waals surface area contributed by atoms with Gasteiger partial charge < -0.3 is 5.11 Å². The first-order valence-electron chi connectivity index (χ1n) is 4.59. The molecule has 13 heavy (non-hydrogen) atoms. The Hall–Kier alpha value is -1.08. The molecule has 0 aliphatic carbocycles. The summed E-state index contributed by atoms with van der Waals surface area (Å²) in [7, 11) is 0. The van der Waals surface area contributed by atoms with Crippen LogP contribution in [0.5, 0.6) is 0 Å². The van der Waals surface area contributed by atoms with Crippen LogP contribution in [0.15, 0.2) is 30.9 Å². The molecular formula is C12H16O. The highest BCUT2D eigenvalue weighted by Gasteiger charge is 2.07. The minimum absolute atomic E-state index is 0.532. The van der Waals surface area contributed by atoms with E-state index in [1.807, 2.05) is 12.1 Å². The maximum Gasteiger partial charge on any atom is 0.0971 e. The molecule has 1 nitrogen and oxygen atoms in total. The first-order valence-corrected chi connectivity index (χ1v) is 4.59. The standard InChI is InChI=1S/C12H16O/c1-4-10-8-9(3)6-7-11(10)12(13)5-2/h5-8,12-13H,2,4H2,1,3H3. The molecule has 0 saturated carbocycles. The summed E-state index contributed by atoms with van der Waals surface area (Å²) >= 11 is 0. The van der Waals surface area contributed by atoms with E-state index in [0.29, 0.717) is 0 Å². The molecule has 1 heteroatoms. The summed E-state index contributed by atoms with van der Waals surface area (Å²) in [5, 5.41) is 9.61. The van der Waals surface area contributed by atoms with E-state index in [0.717, 1.165) is 12.0 Å². The van der Waals surface area contributed by atoms with Crippen LogP contribution in [0.4, 0.5) is 0 Å². The molecule has 1 rings (SSSR count). The van der Waals surface area contributed by atoms with E-state index in [1.165, 1.54) is 11.1 Å². The molecule has 70 valence electrons. The van der Waals surface area contributed by atoms with E-state index in [2.05, 4.69) is 26.5 Å². The third kappa shape index (κ3) is 2.19. The molecule has 0 spiro atoms. The number of hydrogen-bond donors (Lipinski definition) is 1. The molecular weight excluding hydrogens is 160 g/mol. The Morgan fingerprint density at radius 2 is 2.23 bits per heavy atom. The number of aryl methyl sites for hydroxylation is 2. The summed E-state index contributed by atoms with van der Waals surface area (Å²) in [5.41, 5.74) is 3.41. The summed E-state index contributed by atoms with van der Waals surface area (Å²) < 4.78 is 0. The van der Waals surface area contributed by atoms with E-state index in [-0.39, 0.29) is 0 Å². The molecule has 0 amide bonds. The largest absolute Gasteiger partial charge is 0.384 e. The molecule has 0 radical (unpaired) electrons. The summed E-state index contributed by atoms with van der Waals surface area (Å²) in [4.78, 5) is 0. The number of aliphatic hydroxyl groups is 1. The predicted molar refractivity (Wildman–Crippen MR) is 55.7 cm³/mol. The Morgan fingerprint density at radius 1 is 1.54 bits per heavy atom. The fraction of sp³-hybridized carbons (Fsp3) is 0.333. The van der Waals surface area contributed by atoms with Gasteiger partial charge in [0.05, 0.1) is 6.10 Å². The molecule has 1 unspecified atom stereocenters. The van der Waals surface area contributed by atoms with Gasteiger partial charge in [0, 0.05) is 0 Å². The van der Waals surface area contributed by atoms with Crippen molar-refractivity contribution in [2.24, 2.45) is 0 Å². The lowest BCUT2D eigenvalue weighted by Crippen LogP contribution is -1.98. The Labute approximate surface area is 79.7 Å². The van der Waals surface area contributed by atoms with Gasteiger partial charge in [-0.05, 0) is 24.5 Å². The van der Waals surface area contributed by atoms with Crippen molar-refractivity contribution in [3.63, 3.8) is 0 Å². The topological polar surface area (TPSA) is 20.2 Å². The first-order chi connectivity index (χ1) is 6.19. The van der Waals surface area contributed by atoms with Crippen LogP contribution in [0.25, 0.3) is 0 Å². The number of rotatable bonds is 3. The van der Waals surface area contributed by atoms with Crippen LogP contribution in [0, 0.1) is 6.92 Å². The molecule has 0 fully saturated rings. The number of benzene rings is 1. The van der Waals surface area contributed by atoms with Gasteiger partial charge in [-0.2, -0.15) is 0 Å². The van der Waals surface area contributed by atoms with Gasteiger partial charge in [0.15, 0.2) is 0 Å². The summed E-state index contributed by atoms with van der Waals surface area (Å²) in [5.74, 6) is 0. The normalized spacial score (nSPS) is 12.5. The van der Waals surface area contributed by atoms with Crippen LogP contribution in [0.3, 0.4) is 0 Å². The molecule has 1 N–H and O–H groups in total. The zero-order chi connectivity index (χ0) is 9.84. The molecule has 0 aromatic heterocycles. The second-order valence-corrected chi connectivity index (χ2v) is 3.24. The van der Waals surface area contributed by atoms with Crippen LogP contribution in [-0.2, 0) is 6.42 Å². The third-order valence-electron chi connectivity index (χ3n) is 2.22. The number of aliphatic hydroxyl groups excluding tert-OH is 1. The monoisotopic (exact) mass is 176 g/mol. The SMILES string of the molecule is C=CC(O)c1ccc(C)cc1CC. The third-order valence-corrected chi connectivity index (χ3v) is 2.22. The van der Waals surface area contributed by atoms with E-state index < -0.39 is 6.10 Å². The van der Waals surface area contributed by atoms with Crippen molar-refractivity contribution in [1.29, 1.82) is 0 Å². The molecule has 0 heterocycles.